The molecule has 0 fully saturated rings. The molecule has 2 aromatic rings. The van der Waals surface area contributed by atoms with E-state index in [2.05, 4.69) is 28.8 Å². The molecule has 106 valence electrons. The van der Waals surface area contributed by atoms with Gasteiger partial charge in [0.25, 0.3) is 0 Å². The van der Waals surface area contributed by atoms with Gasteiger partial charge in [-0.25, -0.2) is 0 Å². The fourth-order valence-corrected chi connectivity index (χ4v) is 1.74. The summed E-state index contributed by atoms with van der Waals surface area (Å²) in [5, 5.41) is 0.109. The second-order valence-electron chi connectivity index (χ2n) is 4.91. The van der Waals surface area contributed by atoms with Gasteiger partial charge in [0.15, 0.2) is 0 Å². The molecule has 1 aromatic heterocycles. The highest BCUT2D eigenvalue weighted by atomic mass is 35.5. The van der Waals surface area contributed by atoms with Crippen molar-refractivity contribution in [2.75, 3.05) is 19.0 Å². The summed E-state index contributed by atoms with van der Waals surface area (Å²) in [4.78, 5) is 13.9. The SMILES string of the molecule is CC(C)c1ccc(Oc2nc(Cl)nc(N(C)C)n2)cc1. The van der Waals surface area contributed by atoms with Gasteiger partial charge in [-0.2, -0.15) is 15.0 Å². The van der Waals surface area contributed by atoms with Crippen LogP contribution in [0.25, 0.3) is 0 Å². The minimum absolute atomic E-state index is 0.109. The zero-order chi connectivity index (χ0) is 14.7. The monoisotopic (exact) mass is 292 g/mol. The molecular formula is C14H17ClN4O. The Morgan fingerprint density at radius 3 is 2.25 bits per heavy atom. The lowest BCUT2D eigenvalue weighted by molar-refractivity contribution is 0.439. The number of halogens is 1. The number of rotatable bonds is 4. The van der Waals surface area contributed by atoms with Crippen LogP contribution in [0.1, 0.15) is 25.3 Å². The number of benzene rings is 1. The minimum Gasteiger partial charge on any atom is -0.424 e. The Kier molecular flexibility index (Phi) is 4.39. The first-order chi connectivity index (χ1) is 9.45. The largest absolute Gasteiger partial charge is 0.424 e. The van der Waals surface area contributed by atoms with Gasteiger partial charge in [0, 0.05) is 14.1 Å². The Morgan fingerprint density at radius 1 is 1.05 bits per heavy atom. The maximum atomic E-state index is 5.86. The number of aromatic nitrogens is 3. The van der Waals surface area contributed by atoms with E-state index in [1.807, 2.05) is 38.4 Å². The van der Waals surface area contributed by atoms with Crippen LogP contribution in [0.4, 0.5) is 5.95 Å². The molecule has 2 rings (SSSR count). The molecule has 0 saturated heterocycles. The van der Waals surface area contributed by atoms with Crippen LogP contribution >= 0.6 is 11.6 Å². The first-order valence-corrected chi connectivity index (χ1v) is 6.70. The van der Waals surface area contributed by atoms with Crippen molar-refractivity contribution in [1.29, 1.82) is 0 Å². The Bertz CT molecular complexity index is 584. The van der Waals surface area contributed by atoms with E-state index in [4.69, 9.17) is 16.3 Å². The Balaban J connectivity index is 2.21. The third kappa shape index (κ3) is 3.57. The van der Waals surface area contributed by atoms with Crippen molar-refractivity contribution in [1.82, 2.24) is 15.0 Å². The van der Waals surface area contributed by atoms with Crippen LogP contribution in [0.15, 0.2) is 24.3 Å². The molecule has 20 heavy (non-hydrogen) atoms. The van der Waals surface area contributed by atoms with Crippen LogP contribution in [-0.4, -0.2) is 29.0 Å². The summed E-state index contributed by atoms with van der Waals surface area (Å²) >= 11 is 5.86. The van der Waals surface area contributed by atoms with Gasteiger partial charge in [-0.3, -0.25) is 0 Å². The van der Waals surface area contributed by atoms with E-state index in [0.29, 0.717) is 17.6 Å². The maximum Gasteiger partial charge on any atom is 0.328 e. The fourth-order valence-electron chi connectivity index (χ4n) is 1.59. The molecule has 0 aliphatic heterocycles. The lowest BCUT2D eigenvalue weighted by atomic mass is 10.0. The Hall–Kier alpha value is -1.88. The van der Waals surface area contributed by atoms with Gasteiger partial charge in [0.1, 0.15) is 5.75 Å². The second kappa shape index (κ2) is 6.05. The topological polar surface area (TPSA) is 51.1 Å². The van der Waals surface area contributed by atoms with Gasteiger partial charge in [-0.1, -0.05) is 26.0 Å². The molecule has 0 radical (unpaired) electrons. The van der Waals surface area contributed by atoms with Gasteiger partial charge in [0.05, 0.1) is 0 Å². The van der Waals surface area contributed by atoms with Gasteiger partial charge in [0.2, 0.25) is 11.2 Å². The molecule has 0 aliphatic carbocycles. The summed E-state index contributed by atoms with van der Waals surface area (Å²) in [7, 11) is 3.65. The second-order valence-corrected chi connectivity index (χ2v) is 5.25. The van der Waals surface area contributed by atoms with Crippen LogP contribution in [0, 0.1) is 0 Å². The van der Waals surface area contributed by atoms with Gasteiger partial charge < -0.3 is 9.64 Å². The maximum absolute atomic E-state index is 5.86. The molecule has 0 aliphatic rings. The van der Waals surface area contributed by atoms with Crippen LogP contribution in [-0.2, 0) is 0 Å². The van der Waals surface area contributed by atoms with Crippen LogP contribution in [0.5, 0.6) is 11.8 Å². The summed E-state index contributed by atoms with van der Waals surface area (Å²) in [6.45, 7) is 4.29. The van der Waals surface area contributed by atoms with Gasteiger partial charge in [-0.05, 0) is 35.2 Å². The molecule has 0 unspecified atom stereocenters. The number of ether oxygens (including phenoxy) is 1. The summed E-state index contributed by atoms with van der Waals surface area (Å²) < 4.78 is 5.61. The Labute approximate surface area is 123 Å². The summed E-state index contributed by atoms with van der Waals surface area (Å²) in [6.07, 6.45) is 0. The molecular weight excluding hydrogens is 276 g/mol. The van der Waals surface area contributed by atoms with Crippen molar-refractivity contribution in [3.8, 4) is 11.8 Å². The van der Waals surface area contributed by atoms with Crippen molar-refractivity contribution in [3.05, 3.63) is 35.1 Å². The van der Waals surface area contributed by atoms with E-state index in [9.17, 15) is 0 Å². The zero-order valence-electron chi connectivity index (χ0n) is 12.0. The Morgan fingerprint density at radius 2 is 1.70 bits per heavy atom. The lowest BCUT2D eigenvalue weighted by Crippen LogP contribution is -2.13. The first-order valence-electron chi connectivity index (χ1n) is 6.32. The van der Waals surface area contributed by atoms with Crippen molar-refractivity contribution in [2.24, 2.45) is 0 Å². The van der Waals surface area contributed by atoms with Crippen molar-refractivity contribution >= 4 is 17.5 Å². The molecule has 0 saturated carbocycles. The van der Waals surface area contributed by atoms with Gasteiger partial charge >= 0.3 is 6.01 Å². The van der Waals surface area contributed by atoms with E-state index in [1.165, 1.54) is 5.56 Å². The number of anilines is 1. The van der Waals surface area contributed by atoms with Gasteiger partial charge in [-0.15, -0.1) is 0 Å². The van der Waals surface area contributed by atoms with Crippen LogP contribution in [0.3, 0.4) is 0 Å². The van der Waals surface area contributed by atoms with E-state index in [1.54, 1.807) is 4.90 Å². The van der Waals surface area contributed by atoms with Crippen molar-refractivity contribution < 1.29 is 4.74 Å². The smallest absolute Gasteiger partial charge is 0.328 e. The van der Waals surface area contributed by atoms with Crippen LogP contribution < -0.4 is 9.64 Å². The van der Waals surface area contributed by atoms with E-state index in [0.717, 1.165) is 0 Å². The average molecular weight is 293 g/mol. The highest BCUT2D eigenvalue weighted by Crippen LogP contribution is 2.23. The fraction of sp³-hybridized carbons (Fsp3) is 0.357. The third-order valence-electron chi connectivity index (χ3n) is 2.73. The summed E-state index contributed by atoms with van der Waals surface area (Å²) in [5.41, 5.74) is 1.25. The number of hydrogen-bond acceptors (Lipinski definition) is 5. The average Bonchev–Trinajstić information content (AvgIpc) is 2.38. The standard InChI is InChI=1S/C14H17ClN4O/c1-9(2)10-5-7-11(8-6-10)20-14-17-12(15)16-13(18-14)19(3)4/h5-9H,1-4H3. The predicted octanol–water partition coefficient (Wildman–Crippen LogP) is 3.51. The highest BCUT2D eigenvalue weighted by molar-refractivity contribution is 6.28. The molecule has 0 atom stereocenters. The molecule has 0 N–H and O–H groups in total. The van der Waals surface area contributed by atoms with Crippen molar-refractivity contribution in [3.63, 3.8) is 0 Å². The normalized spacial score (nSPS) is 10.7. The molecule has 1 heterocycles. The third-order valence-corrected chi connectivity index (χ3v) is 2.90. The molecule has 0 spiro atoms. The summed E-state index contributed by atoms with van der Waals surface area (Å²) in [5.74, 6) is 1.61. The molecule has 0 bridgehead atoms. The zero-order valence-corrected chi connectivity index (χ0v) is 12.7. The molecule has 1 aromatic carbocycles. The quantitative estimate of drug-likeness (QED) is 0.863. The summed E-state index contributed by atoms with van der Waals surface area (Å²) in [6, 6.07) is 8.02. The molecule has 0 amide bonds. The lowest BCUT2D eigenvalue weighted by Gasteiger charge is -2.11. The highest BCUT2D eigenvalue weighted by Gasteiger charge is 2.09. The minimum atomic E-state index is 0.109. The molecule has 5 nitrogen and oxygen atoms in total. The van der Waals surface area contributed by atoms with E-state index < -0.39 is 0 Å². The van der Waals surface area contributed by atoms with Crippen LogP contribution in [0.2, 0.25) is 5.28 Å². The number of nitrogens with zero attached hydrogens (tertiary/aromatic N) is 4. The van der Waals surface area contributed by atoms with E-state index in [-0.39, 0.29) is 11.3 Å². The molecule has 6 heteroatoms. The van der Waals surface area contributed by atoms with E-state index >= 15 is 0 Å². The van der Waals surface area contributed by atoms with Crippen molar-refractivity contribution in [2.45, 2.75) is 19.8 Å². The first kappa shape index (κ1) is 14.5. The number of hydrogen-bond donors (Lipinski definition) is 0. The predicted molar refractivity (Wildman–Crippen MR) is 79.8 cm³/mol.